The van der Waals surface area contributed by atoms with E-state index < -0.39 is 0 Å². The first-order valence-electron chi connectivity index (χ1n) is 6.02. The Morgan fingerprint density at radius 1 is 1.11 bits per heavy atom. The number of thiophene rings is 2. The zero-order valence-corrected chi connectivity index (χ0v) is 12.0. The summed E-state index contributed by atoms with van der Waals surface area (Å²) >= 11 is 3.47. The van der Waals surface area contributed by atoms with Crippen molar-refractivity contribution in [2.75, 3.05) is 0 Å². The van der Waals surface area contributed by atoms with Crippen molar-refractivity contribution in [1.29, 1.82) is 0 Å². The van der Waals surface area contributed by atoms with Gasteiger partial charge in [-0.05, 0) is 41.0 Å². The van der Waals surface area contributed by atoms with Crippen LogP contribution in [0.5, 0.6) is 0 Å². The highest BCUT2D eigenvalue weighted by Crippen LogP contribution is 2.48. The fraction of sp³-hybridized carbons (Fsp3) is 0.267. The zero-order valence-electron chi connectivity index (χ0n) is 10.3. The number of allylic oxidation sites excluding steroid dienone is 2. The van der Waals surface area contributed by atoms with Crippen molar-refractivity contribution in [3.05, 3.63) is 50.4 Å². The SMILES string of the molecule is CC1=C(c2cccs2)[C@@H](c2cccs2)[C@@H](C)C1=O. The predicted molar refractivity (Wildman–Crippen MR) is 78.1 cm³/mol. The van der Waals surface area contributed by atoms with Crippen LogP contribution in [0.4, 0.5) is 0 Å². The molecule has 92 valence electrons. The molecule has 0 N–H and O–H groups in total. The Labute approximate surface area is 115 Å². The highest BCUT2D eigenvalue weighted by Gasteiger charge is 2.39. The fourth-order valence-electron chi connectivity index (χ4n) is 2.74. The minimum Gasteiger partial charge on any atom is -0.294 e. The first-order chi connectivity index (χ1) is 8.70. The molecule has 0 bridgehead atoms. The van der Waals surface area contributed by atoms with E-state index in [-0.39, 0.29) is 11.8 Å². The van der Waals surface area contributed by atoms with Crippen LogP contribution >= 0.6 is 22.7 Å². The molecule has 2 atom stereocenters. The number of carbonyl (C=O) groups excluding carboxylic acids is 1. The molecule has 18 heavy (non-hydrogen) atoms. The van der Waals surface area contributed by atoms with Crippen molar-refractivity contribution < 1.29 is 4.79 Å². The Morgan fingerprint density at radius 2 is 1.83 bits per heavy atom. The van der Waals surface area contributed by atoms with Crippen LogP contribution in [-0.2, 0) is 4.79 Å². The summed E-state index contributed by atoms with van der Waals surface area (Å²) in [7, 11) is 0. The van der Waals surface area contributed by atoms with Gasteiger partial charge in [0.25, 0.3) is 0 Å². The van der Waals surface area contributed by atoms with Gasteiger partial charge in [-0.3, -0.25) is 4.79 Å². The van der Waals surface area contributed by atoms with E-state index in [2.05, 4.69) is 41.9 Å². The van der Waals surface area contributed by atoms with Crippen LogP contribution < -0.4 is 0 Å². The molecule has 1 nitrogen and oxygen atoms in total. The Hall–Kier alpha value is -1.19. The third kappa shape index (κ3) is 1.70. The second-order valence-corrected chi connectivity index (χ2v) is 6.59. The van der Waals surface area contributed by atoms with E-state index in [9.17, 15) is 4.79 Å². The van der Waals surface area contributed by atoms with Gasteiger partial charge in [0.05, 0.1) is 0 Å². The van der Waals surface area contributed by atoms with E-state index in [1.165, 1.54) is 15.3 Å². The number of Topliss-reactive ketones (excluding diaryl/α,β-unsaturated/α-hetero) is 1. The number of rotatable bonds is 2. The molecule has 1 aliphatic carbocycles. The third-order valence-corrected chi connectivity index (χ3v) is 5.49. The van der Waals surface area contributed by atoms with E-state index in [4.69, 9.17) is 0 Å². The van der Waals surface area contributed by atoms with Gasteiger partial charge in [0.1, 0.15) is 0 Å². The third-order valence-electron chi connectivity index (χ3n) is 3.63. The molecule has 2 aromatic rings. The quantitative estimate of drug-likeness (QED) is 0.783. The van der Waals surface area contributed by atoms with Gasteiger partial charge < -0.3 is 0 Å². The molecule has 0 amide bonds. The number of ketones is 1. The normalized spacial score (nSPS) is 24.0. The van der Waals surface area contributed by atoms with Crippen molar-refractivity contribution in [3.8, 4) is 0 Å². The monoisotopic (exact) mass is 274 g/mol. The topological polar surface area (TPSA) is 17.1 Å². The summed E-state index contributed by atoms with van der Waals surface area (Å²) < 4.78 is 0. The summed E-state index contributed by atoms with van der Waals surface area (Å²) in [5.74, 6) is 0.619. The Morgan fingerprint density at radius 3 is 2.44 bits per heavy atom. The molecule has 3 heteroatoms. The lowest BCUT2D eigenvalue weighted by atomic mass is 9.90. The highest BCUT2D eigenvalue weighted by molar-refractivity contribution is 7.11. The average Bonchev–Trinajstić information content (AvgIpc) is 3.07. The fourth-order valence-corrected chi connectivity index (χ4v) is 4.54. The van der Waals surface area contributed by atoms with Gasteiger partial charge in [-0.25, -0.2) is 0 Å². The van der Waals surface area contributed by atoms with Gasteiger partial charge in [-0.1, -0.05) is 19.1 Å². The lowest BCUT2D eigenvalue weighted by molar-refractivity contribution is -0.118. The summed E-state index contributed by atoms with van der Waals surface area (Å²) in [6.07, 6.45) is 0. The van der Waals surface area contributed by atoms with Crippen molar-refractivity contribution in [2.45, 2.75) is 19.8 Å². The van der Waals surface area contributed by atoms with Crippen LogP contribution in [-0.4, -0.2) is 5.78 Å². The van der Waals surface area contributed by atoms with Crippen molar-refractivity contribution in [3.63, 3.8) is 0 Å². The number of hydrogen-bond donors (Lipinski definition) is 0. The largest absolute Gasteiger partial charge is 0.294 e. The van der Waals surface area contributed by atoms with Crippen LogP contribution in [0.1, 0.15) is 29.5 Å². The molecule has 0 radical (unpaired) electrons. The van der Waals surface area contributed by atoms with Gasteiger partial charge in [-0.2, -0.15) is 0 Å². The molecule has 3 rings (SSSR count). The Kier molecular flexibility index (Phi) is 2.96. The lowest BCUT2D eigenvalue weighted by Gasteiger charge is -2.16. The van der Waals surface area contributed by atoms with Crippen molar-refractivity contribution >= 4 is 34.0 Å². The maximum absolute atomic E-state index is 12.3. The summed E-state index contributed by atoms with van der Waals surface area (Å²) in [4.78, 5) is 14.8. The molecule has 0 aromatic carbocycles. The van der Waals surface area contributed by atoms with Crippen LogP contribution in [0.25, 0.3) is 5.57 Å². The molecular weight excluding hydrogens is 260 g/mol. The summed E-state index contributed by atoms with van der Waals surface area (Å²) in [6.45, 7) is 4.03. The van der Waals surface area contributed by atoms with E-state index in [0.29, 0.717) is 5.78 Å². The van der Waals surface area contributed by atoms with E-state index in [1.54, 1.807) is 22.7 Å². The predicted octanol–water partition coefficient (Wildman–Crippen LogP) is 4.59. The standard InChI is InChI=1S/C15H14OS2/c1-9-13(11-5-3-7-17-11)14(10(2)15(9)16)12-6-4-8-18-12/h3-9,13H,1-2H3/t9-,13-/m1/s1. The van der Waals surface area contributed by atoms with E-state index >= 15 is 0 Å². The van der Waals surface area contributed by atoms with Gasteiger partial charge in [0.2, 0.25) is 0 Å². The first kappa shape index (κ1) is 11.9. The average molecular weight is 274 g/mol. The molecular formula is C15H14OS2. The summed E-state index contributed by atoms with van der Waals surface area (Å²) in [5.41, 5.74) is 2.19. The molecule has 0 spiro atoms. The second kappa shape index (κ2) is 4.48. The molecule has 0 fully saturated rings. The maximum Gasteiger partial charge on any atom is 0.162 e. The summed E-state index contributed by atoms with van der Waals surface area (Å²) in [6, 6.07) is 8.39. The van der Waals surface area contributed by atoms with Crippen LogP contribution in [0.15, 0.2) is 40.6 Å². The molecule has 1 aliphatic rings. The smallest absolute Gasteiger partial charge is 0.162 e. The second-order valence-electron chi connectivity index (χ2n) is 4.66. The lowest BCUT2D eigenvalue weighted by Crippen LogP contribution is -2.11. The maximum atomic E-state index is 12.3. The van der Waals surface area contributed by atoms with Crippen LogP contribution in [0, 0.1) is 5.92 Å². The van der Waals surface area contributed by atoms with Gasteiger partial charge in [-0.15, -0.1) is 22.7 Å². The molecule has 0 unspecified atom stereocenters. The van der Waals surface area contributed by atoms with E-state index in [0.717, 1.165) is 5.57 Å². The van der Waals surface area contributed by atoms with Crippen molar-refractivity contribution in [2.24, 2.45) is 5.92 Å². The minimum absolute atomic E-state index is 0.0701. The first-order valence-corrected chi connectivity index (χ1v) is 7.78. The van der Waals surface area contributed by atoms with Crippen LogP contribution in [0.2, 0.25) is 0 Å². The molecule has 0 saturated carbocycles. The van der Waals surface area contributed by atoms with Gasteiger partial charge in [0, 0.05) is 21.6 Å². The highest BCUT2D eigenvalue weighted by atomic mass is 32.1. The minimum atomic E-state index is 0.0701. The van der Waals surface area contributed by atoms with Crippen molar-refractivity contribution in [1.82, 2.24) is 0 Å². The zero-order chi connectivity index (χ0) is 12.7. The Balaban J connectivity index is 2.15. The van der Waals surface area contributed by atoms with Gasteiger partial charge in [0.15, 0.2) is 5.78 Å². The molecule has 0 saturated heterocycles. The number of carbonyl (C=O) groups is 1. The molecule has 2 heterocycles. The van der Waals surface area contributed by atoms with E-state index in [1.807, 2.05) is 6.92 Å². The number of hydrogen-bond acceptors (Lipinski definition) is 3. The van der Waals surface area contributed by atoms with Gasteiger partial charge >= 0.3 is 0 Å². The molecule has 2 aromatic heterocycles. The van der Waals surface area contributed by atoms with Crippen LogP contribution in [0.3, 0.4) is 0 Å². The summed E-state index contributed by atoms with van der Waals surface area (Å²) in [5, 5.41) is 4.17. The molecule has 0 aliphatic heterocycles. The Bertz CT molecular complexity index is 590.